The smallest absolute Gasteiger partial charge is 0.290 e. The Morgan fingerprint density at radius 1 is 1.03 bits per heavy atom. The zero-order valence-electron chi connectivity index (χ0n) is 17.8. The normalized spacial score (nSPS) is 18.4. The summed E-state index contributed by atoms with van der Waals surface area (Å²) in [6.07, 6.45) is 10.8. The van der Waals surface area contributed by atoms with Crippen molar-refractivity contribution in [2.75, 3.05) is 0 Å². The molecule has 0 bridgehead atoms. The van der Waals surface area contributed by atoms with Gasteiger partial charge in [0, 0.05) is 12.1 Å². The van der Waals surface area contributed by atoms with Crippen molar-refractivity contribution in [2.45, 2.75) is 82.8 Å². The summed E-state index contributed by atoms with van der Waals surface area (Å²) in [4.78, 5) is 28.9. The van der Waals surface area contributed by atoms with Gasteiger partial charge in [-0.3, -0.25) is 9.59 Å². The standard InChI is InChI=1S/C25H32N2O3/c1-2-18-13-15-19(16-14-18)23(24(28)26-20-8-3-4-9-20)27(21-10-5-6-11-21)25(29)22-12-7-17-30-22/h7,12-17,20-21,23H,2-6,8-11H2,1H3,(H,26,28)/t23-/m0/s1. The van der Waals surface area contributed by atoms with Crippen LogP contribution in [0, 0.1) is 0 Å². The maximum Gasteiger partial charge on any atom is 0.290 e. The number of nitrogens with zero attached hydrogens (tertiary/aromatic N) is 1. The van der Waals surface area contributed by atoms with Crippen LogP contribution in [0.4, 0.5) is 0 Å². The highest BCUT2D eigenvalue weighted by atomic mass is 16.3. The highest BCUT2D eigenvalue weighted by molar-refractivity contribution is 5.96. The number of carbonyl (C=O) groups is 2. The zero-order chi connectivity index (χ0) is 20.9. The molecule has 1 atom stereocenters. The Morgan fingerprint density at radius 2 is 1.70 bits per heavy atom. The molecule has 0 unspecified atom stereocenters. The average Bonchev–Trinajstić information content (AvgIpc) is 3.55. The molecule has 2 amide bonds. The molecule has 5 nitrogen and oxygen atoms in total. The fourth-order valence-corrected chi connectivity index (χ4v) is 4.93. The van der Waals surface area contributed by atoms with E-state index in [2.05, 4.69) is 24.4 Å². The minimum absolute atomic E-state index is 0.0489. The van der Waals surface area contributed by atoms with Gasteiger partial charge in [0.15, 0.2) is 5.76 Å². The zero-order valence-corrected chi connectivity index (χ0v) is 17.8. The van der Waals surface area contributed by atoms with Crippen molar-refractivity contribution in [3.8, 4) is 0 Å². The number of hydrogen-bond acceptors (Lipinski definition) is 3. The van der Waals surface area contributed by atoms with Gasteiger partial charge in [0.1, 0.15) is 6.04 Å². The Balaban J connectivity index is 1.71. The van der Waals surface area contributed by atoms with Crippen molar-refractivity contribution >= 4 is 11.8 Å². The lowest BCUT2D eigenvalue weighted by Gasteiger charge is -2.36. The van der Waals surface area contributed by atoms with Crippen molar-refractivity contribution in [1.29, 1.82) is 0 Å². The first-order chi connectivity index (χ1) is 14.7. The second-order valence-electron chi connectivity index (χ2n) is 8.62. The minimum atomic E-state index is -0.641. The third-order valence-electron chi connectivity index (χ3n) is 6.62. The fraction of sp³-hybridized carbons (Fsp3) is 0.520. The lowest BCUT2D eigenvalue weighted by Crippen LogP contribution is -2.49. The molecule has 30 heavy (non-hydrogen) atoms. The molecule has 160 valence electrons. The Labute approximate surface area is 178 Å². The number of furan rings is 1. The number of hydrogen-bond donors (Lipinski definition) is 1. The summed E-state index contributed by atoms with van der Waals surface area (Å²) in [5.74, 6) is 0.0294. The SMILES string of the molecule is CCc1ccc([C@@H](C(=O)NC2CCCC2)N(C(=O)c2ccco2)C2CCCC2)cc1. The Bertz CT molecular complexity index is 832. The van der Waals surface area contributed by atoms with Gasteiger partial charge in [0.25, 0.3) is 5.91 Å². The molecule has 0 saturated heterocycles. The highest BCUT2D eigenvalue weighted by Crippen LogP contribution is 2.34. The van der Waals surface area contributed by atoms with E-state index < -0.39 is 6.04 Å². The van der Waals surface area contributed by atoms with E-state index in [0.717, 1.165) is 63.4 Å². The van der Waals surface area contributed by atoms with Crippen molar-refractivity contribution in [2.24, 2.45) is 0 Å². The van der Waals surface area contributed by atoms with Crippen LogP contribution in [0.5, 0.6) is 0 Å². The summed E-state index contributed by atoms with van der Waals surface area (Å²) in [7, 11) is 0. The maximum atomic E-state index is 13.6. The predicted octanol–water partition coefficient (Wildman–Crippen LogP) is 5.03. The maximum absolute atomic E-state index is 13.6. The molecular formula is C25H32N2O3. The second-order valence-corrected chi connectivity index (χ2v) is 8.62. The van der Waals surface area contributed by atoms with E-state index in [1.54, 1.807) is 17.0 Å². The molecule has 5 heteroatoms. The Morgan fingerprint density at radius 3 is 2.30 bits per heavy atom. The largest absolute Gasteiger partial charge is 0.459 e. The number of nitrogens with one attached hydrogen (secondary N) is 1. The van der Waals surface area contributed by atoms with Crippen LogP contribution in [0.15, 0.2) is 47.1 Å². The molecule has 0 radical (unpaired) electrons. The van der Waals surface area contributed by atoms with E-state index in [1.165, 1.54) is 11.8 Å². The number of aryl methyl sites for hydroxylation is 1. The van der Waals surface area contributed by atoms with Crippen LogP contribution in [0.2, 0.25) is 0 Å². The van der Waals surface area contributed by atoms with Gasteiger partial charge in [-0.25, -0.2) is 0 Å². The van der Waals surface area contributed by atoms with Crippen molar-refractivity contribution < 1.29 is 14.0 Å². The third-order valence-corrected chi connectivity index (χ3v) is 6.62. The van der Waals surface area contributed by atoms with Crippen LogP contribution >= 0.6 is 0 Å². The van der Waals surface area contributed by atoms with E-state index in [9.17, 15) is 9.59 Å². The molecule has 1 aromatic carbocycles. The van der Waals surface area contributed by atoms with E-state index >= 15 is 0 Å². The lowest BCUT2D eigenvalue weighted by molar-refractivity contribution is -0.127. The molecular weight excluding hydrogens is 376 g/mol. The molecule has 2 saturated carbocycles. The van der Waals surface area contributed by atoms with Crippen molar-refractivity contribution in [3.05, 3.63) is 59.5 Å². The average molecular weight is 409 g/mol. The molecule has 1 N–H and O–H groups in total. The lowest BCUT2D eigenvalue weighted by atomic mass is 9.98. The molecule has 2 fully saturated rings. The summed E-state index contributed by atoms with van der Waals surface area (Å²) in [6, 6.07) is 11.2. The first-order valence-corrected chi connectivity index (χ1v) is 11.4. The number of carbonyl (C=O) groups excluding carboxylic acids is 2. The highest BCUT2D eigenvalue weighted by Gasteiger charge is 2.39. The van der Waals surface area contributed by atoms with Crippen LogP contribution in [0.1, 0.15) is 86.0 Å². The van der Waals surface area contributed by atoms with Crippen molar-refractivity contribution in [1.82, 2.24) is 10.2 Å². The molecule has 4 rings (SSSR count). The van der Waals surface area contributed by atoms with Gasteiger partial charge in [-0.1, -0.05) is 56.9 Å². The Hall–Kier alpha value is -2.56. The molecule has 2 aliphatic carbocycles. The van der Waals surface area contributed by atoms with Crippen LogP contribution in [0.25, 0.3) is 0 Å². The summed E-state index contributed by atoms with van der Waals surface area (Å²) < 4.78 is 5.45. The summed E-state index contributed by atoms with van der Waals surface area (Å²) in [5, 5.41) is 3.25. The van der Waals surface area contributed by atoms with Crippen LogP contribution in [-0.4, -0.2) is 28.8 Å². The van der Waals surface area contributed by atoms with Gasteiger partial charge in [0.05, 0.1) is 6.26 Å². The molecule has 0 spiro atoms. The predicted molar refractivity (Wildman–Crippen MR) is 116 cm³/mol. The van der Waals surface area contributed by atoms with E-state index in [1.807, 2.05) is 12.1 Å². The molecule has 2 aliphatic rings. The van der Waals surface area contributed by atoms with Gasteiger partial charge in [0.2, 0.25) is 5.91 Å². The van der Waals surface area contributed by atoms with Gasteiger partial charge < -0.3 is 14.6 Å². The van der Waals surface area contributed by atoms with Crippen LogP contribution in [-0.2, 0) is 11.2 Å². The van der Waals surface area contributed by atoms with Gasteiger partial charge in [-0.05, 0) is 55.4 Å². The van der Waals surface area contributed by atoms with Crippen LogP contribution in [0.3, 0.4) is 0 Å². The number of amides is 2. The van der Waals surface area contributed by atoms with E-state index in [0.29, 0.717) is 5.76 Å². The summed E-state index contributed by atoms with van der Waals surface area (Å²) >= 11 is 0. The Kier molecular flexibility index (Phi) is 6.56. The first-order valence-electron chi connectivity index (χ1n) is 11.4. The number of rotatable bonds is 7. The van der Waals surface area contributed by atoms with Gasteiger partial charge in [-0.2, -0.15) is 0 Å². The van der Waals surface area contributed by atoms with Crippen molar-refractivity contribution in [3.63, 3.8) is 0 Å². The monoisotopic (exact) mass is 408 g/mol. The number of benzene rings is 1. The molecule has 2 aromatic rings. The quantitative estimate of drug-likeness (QED) is 0.699. The topological polar surface area (TPSA) is 62.6 Å². The summed E-state index contributed by atoms with van der Waals surface area (Å²) in [5.41, 5.74) is 2.09. The van der Waals surface area contributed by atoms with Crippen LogP contribution < -0.4 is 5.32 Å². The third kappa shape index (κ3) is 4.45. The molecule has 0 aliphatic heterocycles. The van der Waals surface area contributed by atoms with Gasteiger partial charge in [-0.15, -0.1) is 0 Å². The minimum Gasteiger partial charge on any atom is -0.459 e. The van der Waals surface area contributed by atoms with E-state index in [4.69, 9.17) is 4.42 Å². The second kappa shape index (κ2) is 9.50. The summed E-state index contributed by atoms with van der Waals surface area (Å²) in [6.45, 7) is 2.12. The van der Waals surface area contributed by atoms with E-state index in [-0.39, 0.29) is 23.9 Å². The molecule has 1 heterocycles. The molecule has 1 aromatic heterocycles. The van der Waals surface area contributed by atoms with Gasteiger partial charge >= 0.3 is 0 Å². The first kappa shape index (κ1) is 20.7. The fourth-order valence-electron chi connectivity index (χ4n) is 4.93.